The van der Waals surface area contributed by atoms with E-state index in [1.807, 2.05) is 0 Å². The van der Waals surface area contributed by atoms with E-state index in [0.29, 0.717) is 5.65 Å². The molecule has 0 aromatic carbocycles. The fourth-order valence-electron chi connectivity index (χ4n) is 0.975. The highest BCUT2D eigenvalue weighted by atomic mass is 35.5. The van der Waals surface area contributed by atoms with E-state index in [0.717, 1.165) is 0 Å². The monoisotopic (exact) mass is 199 g/mol. The number of carboxylic acids is 1. The highest BCUT2D eigenvalue weighted by molar-refractivity contribution is 5.86. The number of hydrogen-bond donors (Lipinski definition) is 1. The van der Waals surface area contributed by atoms with Crippen LogP contribution in [0.3, 0.4) is 0 Å². The van der Waals surface area contributed by atoms with Crippen LogP contribution in [0.15, 0.2) is 24.5 Å². The third kappa shape index (κ3) is 1.46. The van der Waals surface area contributed by atoms with Gasteiger partial charge in [0.05, 0.1) is 6.20 Å². The molecule has 1 N–H and O–H groups in total. The average Bonchev–Trinajstić information content (AvgIpc) is 2.47. The van der Waals surface area contributed by atoms with Crippen LogP contribution in [0.1, 0.15) is 10.5 Å². The lowest BCUT2D eigenvalue weighted by Crippen LogP contribution is -2.03. The van der Waals surface area contributed by atoms with Gasteiger partial charge in [-0.2, -0.15) is 5.10 Å². The van der Waals surface area contributed by atoms with Crippen LogP contribution in [0.5, 0.6) is 0 Å². The maximum Gasteiger partial charge on any atom is 0.356 e. The molecule has 2 rings (SSSR count). The predicted molar refractivity (Wildman–Crippen MR) is 47.2 cm³/mol. The van der Waals surface area contributed by atoms with E-state index in [-0.39, 0.29) is 18.1 Å². The molecule has 2 aromatic heterocycles. The molecule has 0 spiro atoms. The Kier molecular flexibility index (Phi) is 2.48. The summed E-state index contributed by atoms with van der Waals surface area (Å²) in [5.41, 5.74) is 0.612. The van der Waals surface area contributed by atoms with Gasteiger partial charge >= 0.3 is 5.97 Å². The van der Waals surface area contributed by atoms with E-state index in [2.05, 4.69) is 10.1 Å². The Morgan fingerprint density at radius 1 is 1.54 bits per heavy atom. The third-order valence-electron chi connectivity index (χ3n) is 1.50. The van der Waals surface area contributed by atoms with Gasteiger partial charge in [-0.15, -0.1) is 12.4 Å². The Hall–Kier alpha value is -1.62. The van der Waals surface area contributed by atoms with Crippen molar-refractivity contribution in [2.24, 2.45) is 0 Å². The Bertz CT molecular complexity index is 440. The summed E-state index contributed by atoms with van der Waals surface area (Å²) in [6.07, 6.45) is 2.80. The highest BCUT2D eigenvalue weighted by Gasteiger charge is 2.09. The van der Waals surface area contributed by atoms with E-state index < -0.39 is 5.97 Å². The molecule has 0 fully saturated rings. The van der Waals surface area contributed by atoms with Crippen LogP contribution in [0, 0.1) is 0 Å². The second-order valence-corrected chi connectivity index (χ2v) is 2.24. The fraction of sp³-hybridized carbons (Fsp3) is 0. The molecule has 13 heavy (non-hydrogen) atoms. The normalized spacial score (nSPS) is 9.54. The van der Waals surface area contributed by atoms with Crippen LogP contribution in [0.2, 0.25) is 0 Å². The van der Waals surface area contributed by atoms with Crippen molar-refractivity contribution in [2.75, 3.05) is 0 Å². The Morgan fingerprint density at radius 3 is 3.00 bits per heavy atom. The molecular weight excluding hydrogens is 194 g/mol. The number of halogens is 1. The molecule has 0 amide bonds. The fourth-order valence-corrected chi connectivity index (χ4v) is 0.975. The van der Waals surface area contributed by atoms with Crippen molar-refractivity contribution < 1.29 is 9.90 Å². The van der Waals surface area contributed by atoms with E-state index in [1.165, 1.54) is 16.9 Å². The van der Waals surface area contributed by atoms with Crippen LogP contribution in [0.4, 0.5) is 0 Å². The molecule has 0 radical (unpaired) electrons. The van der Waals surface area contributed by atoms with Crippen LogP contribution >= 0.6 is 12.4 Å². The van der Waals surface area contributed by atoms with Crippen molar-refractivity contribution in [3.63, 3.8) is 0 Å². The molecule has 0 aliphatic rings. The van der Waals surface area contributed by atoms with Crippen molar-refractivity contribution in [3.05, 3.63) is 30.2 Å². The molecule has 0 saturated carbocycles. The van der Waals surface area contributed by atoms with E-state index in [4.69, 9.17) is 5.11 Å². The molecule has 0 saturated heterocycles. The maximum atomic E-state index is 10.6. The number of aromatic carboxylic acids is 1. The van der Waals surface area contributed by atoms with Crippen LogP contribution in [0.25, 0.3) is 5.65 Å². The van der Waals surface area contributed by atoms with Gasteiger partial charge in [-0.05, 0) is 12.1 Å². The van der Waals surface area contributed by atoms with Gasteiger partial charge in [0.2, 0.25) is 0 Å². The van der Waals surface area contributed by atoms with E-state index >= 15 is 0 Å². The Morgan fingerprint density at radius 2 is 2.31 bits per heavy atom. The van der Waals surface area contributed by atoms with E-state index in [1.54, 1.807) is 12.1 Å². The maximum absolute atomic E-state index is 10.6. The van der Waals surface area contributed by atoms with Crippen molar-refractivity contribution in [1.82, 2.24) is 14.6 Å². The Labute approximate surface area is 79.4 Å². The minimum Gasteiger partial charge on any atom is -0.476 e. The zero-order valence-electron chi connectivity index (χ0n) is 6.41. The molecule has 0 aliphatic heterocycles. The number of hydrogen-bond acceptors (Lipinski definition) is 3. The smallest absolute Gasteiger partial charge is 0.356 e. The summed E-state index contributed by atoms with van der Waals surface area (Å²) in [5.74, 6) is -1.03. The summed E-state index contributed by atoms with van der Waals surface area (Å²) in [4.78, 5) is 14.4. The minimum atomic E-state index is -1.03. The van der Waals surface area contributed by atoms with Gasteiger partial charge in [0.15, 0.2) is 11.3 Å². The average molecular weight is 200 g/mol. The van der Waals surface area contributed by atoms with E-state index in [9.17, 15) is 4.79 Å². The molecule has 0 aliphatic carbocycles. The van der Waals surface area contributed by atoms with Gasteiger partial charge in [-0.1, -0.05) is 0 Å². The summed E-state index contributed by atoms with van der Waals surface area (Å²) < 4.78 is 1.28. The zero-order valence-corrected chi connectivity index (χ0v) is 7.23. The molecule has 0 bridgehead atoms. The summed E-state index contributed by atoms with van der Waals surface area (Å²) in [5, 5.41) is 12.5. The van der Waals surface area contributed by atoms with Crippen molar-refractivity contribution in [3.8, 4) is 0 Å². The number of rotatable bonds is 1. The summed E-state index contributed by atoms with van der Waals surface area (Å²) in [7, 11) is 0. The largest absolute Gasteiger partial charge is 0.476 e. The topological polar surface area (TPSA) is 67.5 Å². The number of carbonyl (C=O) groups is 1. The SMILES string of the molecule is Cl.O=C(O)c1cnc2cccnn12. The van der Waals surface area contributed by atoms with Gasteiger partial charge in [0, 0.05) is 6.20 Å². The lowest BCUT2D eigenvalue weighted by Gasteiger charge is -1.92. The first-order valence-electron chi connectivity index (χ1n) is 3.31. The standard InChI is InChI=1S/C7H5N3O2.ClH/c11-7(12)5-4-8-6-2-1-3-9-10(5)6;/h1-4H,(H,11,12);1H. The molecule has 68 valence electrons. The number of fused-ring (bicyclic) bond motifs is 1. The van der Waals surface area contributed by atoms with Crippen molar-refractivity contribution >= 4 is 24.0 Å². The molecule has 2 heterocycles. The molecule has 6 heteroatoms. The number of carboxylic acid groups (broad SMARTS) is 1. The first-order valence-corrected chi connectivity index (χ1v) is 3.31. The second-order valence-electron chi connectivity index (χ2n) is 2.24. The first kappa shape index (κ1) is 9.47. The van der Waals surface area contributed by atoms with Gasteiger partial charge in [0.25, 0.3) is 0 Å². The minimum absolute atomic E-state index is 0. The van der Waals surface area contributed by atoms with Gasteiger partial charge < -0.3 is 5.11 Å². The predicted octanol–water partition coefficient (Wildman–Crippen LogP) is 0.849. The lowest BCUT2D eigenvalue weighted by molar-refractivity contribution is 0.0688. The molecule has 0 atom stereocenters. The molecule has 2 aromatic rings. The summed E-state index contributed by atoms with van der Waals surface area (Å²) in [6, 6.07) is 3.40. The summed E-state index contributed by atoms with van der Waals surface area (Å²) >= 11 is 0. The third-order valence-corrected chi connectivity index (χ3v) is 1.50. The summed E-state index contributed by atoms with van der Waals surface area (Å²) in [6.45, 7) is 0. The van der Waals surface area contributed by atoms with Crippen LogP contribution in [-0.2, 0) is 0 Å². The number of imidazole rings is 1. The first-order chi connectivity index (χ1) is 5.79. The zero-order chi connectivity index (χ0) is 8.55. The van der Waals surface area contributed by atoms with Crippen molar-refractivity contribution in [1.29, 1.82) is 0 Å². The van der Waals surface area contributed by atoms with Gasteiger partial charge in [0.1, 0.15) is 0 Å². The number of aromatic nitrogens is 3. The van der Waals surface area contributed by atoms with Crippen LogP contribution in [-0.4, -0.2) is 25.7 Å². The van der Waals surface area contributed by atoms with Gasteiger partial charge in [-0.3, -0.25) is 0 Å². The molecular formula is C7H6ClN3O2. The second kappa shape index (κ2) is 3.40. The van der Waals surface area contributed by atoms with Gasteiger partial charge in [-0.25, -0.2) is 14.3 Å². The van der Waals surface area contributed by atoms with Crippen LogP contribution < -0.4 is 0 Å². The van der Waals surface area contributed by atoms with Crippen molar-refractivity contribution in [2.45, 2.75) is 0 Å². The lowest BCUT2D eigenvalue weighted by atomic mass is 10.5. The number of nitrogens with zero attached hydrogens (tertiary/aromatic N) is 3. The molecule has 0 unspecified atom stereocenters. The Balaban J connectivity index is 0.000000845. The quantitative estimate of drug-likeness (QED) is 0.740. The highest BCUT2D eigenvalue weighted by Crippen LogP contribution is 2.02. The molecule has 5 nitrogen and oxygen atoms in total.